The monoisotopic (exact) mass is 459 g/mol. The lowest BCUT2D eigenvalue weighted by Crippen LogP contribution is -2.42. The number of nitrogens with one attached hydrogen (secondary N) is 1. The number of rotatable bonds is 8. The predicted molar refractivity (Wildman–Crippen MR) is 122 cm³/mol. The van der Waals surface area contributed by atoms with E-state index >= 15 is 0 Å². The smallest absolute Gasteiger partial charge is 0.329 e. The molecule has 1 unspecified atom stereocenters. The fourth-order valence-corrected chi connectivity index (χ4v) is 3.74. The second kappa shape index (κ2) is 10.5. The number of hydrogen-bond donors (Lipinski definition) is 1. The third-order valence-electron chi connectivity index (χ3n) is 4.61. The highest BCUT2D eigenvalue weighted by molar-refractivity contribution is 7.98. The van der Waals surface area contributed by atoms with Gasteiger partial charge in [0.25, 0.3) is 11.5 Å². The van der Waals surface area contributed by atoms with Crippen LogP contribution in [0.1, 0.15) is 28.2 Å². The first-order chi connectivity index (χ1) is 14.9. The molecule has 0 saturated heterocycles. The molecule has 0 aliphatic heterocycles. The second-order valence-electron chi connectivity index (χ2n) is 6.84. The fourth-order valence-electron chi connectivity index (χ4n) is 3.05. The third kappa shape index (κ3) is 5.65. The Balaban J connectivity index is 1.72. The highest BCUT2D eigenvalue weighted by Gasteiger charge is 2.24. The van der Waals surface area contributed by atoms with E-state index in [4.69, 9.17) is 16.3 Å². The van der Waals surface area contributed by atoms with Gasteiger partial charge in [-0.05, 0) is 49.6 Å². The number of amides is 1. The quantitative estimate of drug-likeness (QED) is 0.520. The summed E-state index contributed by atoms with van der Waals surface area (Å²) < 4.78 is 6.86. The number of carbonyl (C=O) groups is 2. The molecule has 0 fully saturated rings. The van der Waals surface area contributed by atoms with Gasteiger partial charge in [-0.15, -0.1) is 0 Å². The standard InChI is InChI=1S/C22H22ClN3O4S/c1-14-6-5-9-19-24-15(12-20(27)26(14)19)13-30-22(29)18(10-11-31-2)25-21(28)16-7-3-4-8-17(16)23/h3-9,12,18H,10-11,13H2,1-2H3,(H,25,28). The number of aryl methyl sites for hydroxylation is 1. The summed E-state index contributed by atoms with van der Waals surface area (Å²) in [7, 11) is 0. The first-order valence-corrected chi connectivity index (χ1v) is 11.4. The van der Waals surface area contributed by atoms with Crippen LogP contribution < -0.4 is 10.9 Å². The van der Waals surface area contributed by atoms with Crippen molar-refractivity contribution in [2.24, 2.45) is 0 Å². The van der Waals surface area contributed by atoms with E-state index in [0.717, 1.165) is 5.69 Å². The van der Waals surface area contributed by atoms with E-state index < -0.39 is 17.9 Å². The Labute approximate surface area is 188 Å². The molecule has 0 radical (unpaired) electrons. The maximum absolute atomic E-state index is 12.7. The van der Waals surface area contributed by atoms with Crippen LogP contribution in [0.3, 0.4) is 0 Å². The minimum atomic E-state index is -0.847. The van der Waals surface area contributed by atoms with E-state index in [2.05, 4.69) is 10.3 Å². The fraction of sp³-hybridized carbons (Fsp3) is 0.273. The highest BCUT2D eigenvalue weighted by Crippen LogP contribution is 2.15. The molecule has 1 amide bonds. The lowest BCUT2D eigenvalue weighted by molar-refractivity contribution is -0.147. The molecule has 2 heterocycles. The van der Waals surface area contributed by atoms with E-state index in [-0.39, 0.29) is 17.7 Å². The number of ether oxygens (including phenoxy) is 1. The molecular formula is C22H22ClN3O4S. The van der Waals surface area contributed by atoms with Crippen molar-refractivity contribution in [2.75, 3.05) is 12.0 Å². The van der Waals surface area contributed by atoms with Crippen LogP contribution in [0.4, 0.5) is 0 Å². The van der Waals surface area contributed by atoms with Crippen molar-refractivity contribution in [1.29, 1.82) is 0 Å². The predicted octanol–water partition coefficient (Wildman–Crippen LogP) is 3.25. The molecule has 0 aliphatic rings. The van der Waals surface area contributed by atoms with Gasteiger partial charge in [0.2, 0.25) is 0 Å². The Bertz CT molecular complexity index is 1160. The van der Waals surface area contributed by atoms with E-state index in [0.29, 0.717) is 28.5 Å². The molecule has 7 nitrogen and oxygen atoms in total. The van der Waals surface area contributed by atoms with Crippen molar-refractivity contribution in [3.63, 3.8) is 0 Å². The number of hydrogen-bond acceptors (Lipinski definition) is 6. The van der Waals surface area contributed by atoms with E-state index in [1.54, 1.807) is 48.2 Å². The van der Waals surface area contributed by atoms with Crippen molar-refractivity contribution in [3.8, 4) is 0 Å². The molecule has 3 rings (SSSR count). The highest BCUT2D eigenvalue weighted by atomic mass is 35.5. The first kappa shape index (κ1) is 22.8. The van der Waals surface area contributed by atoms with Crippen LogP contribution >= 0.6 is 23.4 Å². The maximum Gasteiger partial charge on any atom is 0.329 e. The van der Waals surface area contributed by atoms with Gasteiger partial charge in [0.15, 0.2) is 0 Å². The maximum atomic E-state index is 12.7. The number of nitrogens with zero attached hydrogens (tertiary/aromatic N) is 2. The van der Waals surface area contributed by atoms with Crippen LogP contribution in [0.15, 0.2) is 53.3 Å². The number of esters is 1. The Morgan fingerprint density at radius 3 is 2.74 bits per heavy atom. The summed E-state index contributed by atoms with van der Waals surface area (Å²) in [5, 5.41) is 3.00. The van der Waals surface area contributed by atoms with Gasteiger partial charge in [-0.2, -0.15) is 11.8 Å². The SMILES string of the molecule is CSCCC(NC(=O)c1ccccc1Cl)C(=O)OCc1cc(=O)n2c(C)cccc2n1. The zero-order chi connectivity index (χ0) is 22.4. The largest absolute Gasteiger partial charge is 0.458 e. The van der Waals surface area contributed by atoms with Crippen molar-refractivity contribution in [3.05, 3.63) is 80.9 Å². The number of thioether (sulfide) groups is 1. The lowest BCUT2D eigenvalue weighted by Gasteiger charge is -2.18. The van der Waals surface area contributed by atoms with Crippen molar-refractivity contribution in [2.45, 2.75) is 26.0 Å². The molecule has 3 aromatic rings. The third-order valence-corrected chi connectivity index (χ3v) is 5.59. The topological polar surface area (TPSA) is 89.8 Å². The number of carbonyl (C=O) groups excluding carboxylic acids is 2. The van der Waals surface area contributed by atoms with Crippen molar-refractivity contribution < 1.29 is 14.3 Å². The first-order valence-electron chi connectivity index (χ1n) is 9.60. The lowest BCUT2D eigenvalue weighted by atomic mass is 10.1. The summed E-state index contributed by atoms with van der Waals surface area (Å²) in [5.74, 6) is -0.399. The van der Waals surface area contributed by atoms with Crippen LogP contribution in [0.5, 0.6) is 0 Å². The second-order valence-corrected chi connectivity index (χ2v) is 8.23. The summed E-state index contributed by atoms with van der Waals surface area (Å²) in [6.45, 7) is 1.64. The van der Waals surface area contributed by atoms with Crippen LogP contribution in [0.25, 0.3) is 5.65 Å². The van der Waals surface area contributed by atoms with Gasteiger partial charge in [-0.1, -0.05) is 29.8 Å². The number of pyridine rings is 1. The Kier molecular flexibility index (Phi) is 7.70. The summed E-state index contributed by atoms with van der Waals surface area (Å²) in [6.07, 6.45) is 2.30. The normalized spacial score (nSPS) is 11.8. The van der Waals surface area contributed by atoms with Gasteiger partial charge in [0.1, 0.15) is 18.3 Å². The molecule has 2 aromatic heterocycles. The zero-order valence-electron chi connectivity index (χ0n) is 17.1. The molecular weight excluding hydrogens is 438 g/mol. The number of aromatic nitrogens is 2. The molecule has 9 heteroatoms. The van der Waals surface area contributed by atoms with E-state index in [9.17, 15) is 14.4 Å². The molecule has 1 N–H and O–H groups in total. The summed E-state index contributed by atoms with van der Waals surface area (Å²) in [4.78, 5) is 42.0. The number of benzene rings is 1. The minimum absolute atomic E-state index is 0.170. The van der Waals surface area contributed by atoms with Crippen LogP contribution in [-0.2, 0) is 16.1 Å². The van der Waals surface area contributed by atoms with Crippen LogP contribution in [0, 0.1) is 6.92 Å². The average Bonchev–Trinajstić information content (AvgIpc) is 2.75. The van der Waals surface area contributed by atoms with Gasteiger partial charge in [-0.25, -0.2) is 9.78 Å². The van der Waals surface area contributed by atoms with E-state index in [1.165, 1.54) is 10.5 Å². The molecule has 0 spiro atoms. The molecule has 0 bridgehead atoms. The molecule has 1 aromatic carbocycles. The number of fused-ring (bicyclic) bond motifs is 1. The van der Waals surface area contributed by atoms with Gasteiger partial charge >= 0.3 is 5.97 Å². The molecule has 31 heavy (non-hydrogen) atoms. The van der Waals surface area contributed by atoms with Gasteiger partial charge in [-0.3, -0.25) is 14.0 Å². The molecule has 0 aliphatic carbocycles. The zero-order valence-corrected chi connectivity index (χ0v) is 18.7. The molecule has 162 valence electrons. The summed E-state index contributed by atoms with van der Waals surface area (Å²) >= 11 is 7.63. The molecule has 0 saturated carbocycles. The molecule has 1 atom stereocenters. The van der Waals surface area contributed by atoms with Crippen LogP contribution in [-0.4, -0.2) is 39.3 Å². The summed E-state index contributed by atoms with van der Waals surface area (Å²) in [6, 6.07) is 12.4. The Hall–Kier alpha value is -2.84. The number of halogens is 1. The van der Waals surface area contributed by atoms with Gasteiger partial charge in [0, 0.05) is 11.8 Å². The Morgan fingerprint density at radius 1 is 1.23 bits per heavy atom. The van der Waals surface area contributed by atoms with Crippen molar-refractivity contribution >= 4 is 40.9 Å². The van der Waals surface area contributed by atoms with Crippen LogP contribution in [0.2, 0.25) is 5.02 Å². The average molecular weight is 460 g/mol. The Morgan fingerprint density at radius 2 is 2.00 bits per heavy atom. The summed E-state index contributed by atoms with van der Waals surface area (Å²) in [5.41, 5.74) is 1.61. The minimum Gasteiger partial charge on any atom is -0.458 e. The van der Waals surface area contributed by atoms with Crippen molar-refractivity contribution in [1.82, 2.24) is 14.7 Å². The van der Waals surface area contributed by atoms with E-state index in [1.807, 2.05) is 19.2 Å². The van der Waals surface area contributed by atoms with Gasteiger partial charge in [0.05, 0.1) is 16.3 Å². The van der Waals surface area contributed by atoms with Gasteiger partial charge < -0.3 is 10.1 Å².